The van der Waals surface area contributed by atoms with E-state index in [0.29, 0.717) is 5.69 Å². The Morgan fingerprint density at radius 3 is 2.62 bits per heavy atom. The van der Waals surface area contributed by atoms with Crippen LogP contribution in [0.1, 0.15) is 38.5 Å². The van der Waals surface area contributed by atoms with Gasteiger partial charge in [0.15, 0.2) is 0 Å². The Balaban J connectivity index is 1.66. The van der Waals surface area contributed by atoms with Crippen LogP contribution in [0.4, 0.5) is 10.1 Å². The van der Waals surface area contributed by atoms with Crippen molar-refractivity contribution in [2.45, 2.75) is 44.1 Å². The Morgan fingerprint density at radius 1 is 1.29 bits per heavy atom. The summed E-state index contributed by atoms with van der Waals surface area (Å²) in [4.78, 5) is 15.0. The number of halogens is 1. The third kappa shape index (κ3) is 3.89. The third-order valence-electron chi connectivity index (χ3n) is 5.57. The van der Waals surface area contributed by atoms with Crippen LogP contribution in [0, 0.1) is 11.7 Å². The molecule has 2 fully saturated rings. The van der Waals surface area contributed by atoms with Crippen molar-refractivity contribution in [2.75, 3.05) is 32.0 Å². The van der Waals surface area contributed by atoms with E-state index in [1.54, 1.807) is 13.1 Å². The van der Waals surface area contributed by atoms with Gasteiger partial charge < -0.3 is 15.5 Å². The number of nitrogens with zero attached hydrogens (tertiary/aromatic N) is 1. The number of anilines is 1. The van der Waals surface area contributed by atoms with Gasteiger partial charge in [0.2, 0.25) is 5.91 Å². The van der Waals surface area contributed by atoms with Crippen LogP contribution in [-0.2, 0) is 4.79 Å². The fourth-order valence-electron chi connectivity index (χ4n) is 4.17. The summed E-state index contributed by atoms with van der Waals surface area (Å²) < 4.78 is 13.5. The minimum atomic E-state index is -0.644. The molecular weight excluding hydrogens is 305 g/mol. The molecule has 1 aromatic rings. The standard InChI is InChI=1S/C19H28FN3O/c1-21-18(24)19(22-17-8-4-7-16(20)13-17)9-11-23(12-10-19)14-15-5-2-3-6-15/h4,7-8,13,15,22H,2-3,5-6,9-12,14H2,1H3,(H,21,24). The summed E-state index contributed by atoms with van der Waals surface area (Å²) in [5, 5.41) is 6.11. The lowest BCUT2D eigenvalue weighted by molar-refractivity contribution is -0.126. The molecule has 1 heterocycles. The summed E-state index contributed by atoms with van der Waals surface area (Å²) in [6.45, 7) is 2.97. The maximum absolute atomic E-state index is 13.5. The summed E-state index contributed by atoms with van der Waals surface area (Å²) in [5.74, 6) is 0.534. The van der Waals surface area contributed by atoms with E-state index >= 15 is 0 Å². The number of benzene rings is 1. The first-order valence-corrected chi connectivity index (χ1v) is 9.10. The lowest BCUT2D eigenvalue weighted by Crippen LogP contribution is -2.58. The van der Waals surface area contributed by atoms with Gasteiger partial charge in [-0.3, -0.25) is 4.79 Å². The van der Waals surface area contributed by atoms with Crippen LogP contribution >= 0.6 is 0 Å². The summed E-state index contributed by atoms with van der Waals surface area (Å²) in [6, 6.07) is 6.36. The molecule has 1 saturated carbocycles. The quantitative estimate of drug-likeness (QED) is 0.871. The number of carbonyl (C=O) groups excluding carboxylic acids is 1. The monoisotopic (exact) mass is 333 g/mol. The highest BCUT2D eigenvalue weighted by molar-refractivity contribution is 5.89. The molecular formula is C19H28FN3O. The second kappa shape index (κ2) is 7.51. The molecule has 1 aromatic carbocycles. The molecule has 24 heavy (non-hydrogen) atoms. The molecule has 0 spiro atoms. The van der Waals surface area contributed by atoms with Crippen molar-refractivity contribution in [1.82, 2.24) is 10.2 Å². The van der Waals surface area contributed by atoms with Gasteiger partial charge >= 0.3 is 0 Å². The molecule has 5 heteroatoms. The highest BCUT2D eigenvalue weighted by Gasteiger charge is 2.41. The van der Waals surface area contributed by atoms with Crippen LogP contribution in [0.25, 0.3) is 0 Å². The Labute approximate surface area is 143 Å². The average molecular weight is 333 g/mol. The zero-order chi connectivity index (χ0) is 17.0. The van der Waals surface area contributed by atoms with Gasteiger partial charge in [0.25, 0.3) is 0 Å². The topological polar surface area (TPSA) is 44.4 Å². The molecule has 0 bridgehead atoms. The number of nitrogens with one attached hydrogen (secondary N) is 2. The van der Waals surface area contributed by atoms with E-state index in [9.17, 15) is 9.18 Å². The first-order valence-electron chi connectivity index (χ1n) is 9.10. The van der Waals surface area contributed by atoms with Gasteiger partial charge in [0.1, 0.15) is 11.4 Å². The van der Waals surface area contributed by atoms with Crippen molar-refractivity contribution in [3.63, 3.8) is 0 Å². The Kier molecular flexibility index (Phi) is 5.39. The highest BCUT2D eigenvalue weighted by atomic mass is 19.1. The van der Waals surface area contributed by atoms with E-state index in [1.165, 1.54) is 37.8 Å². The number of hydrogen-bond acceptors (Lipinski definition) is 3. The number of hydrogen-bond donors (Lipinski definition) is 2. The fourth-order valence-corrected chi connectivity index (χ4v) is 4.17. The van der Waals surface area contributed by atoms with Crippen molar-refractivity contribution >= 4 is 11.6 Å². The molecule has 0 unspecified atom stereocenters. The van der Waals surface area contributed by atoms with Crippen molar-refractivity contribution in [2.24, 2.45) is 5.92 Å². The molecule has 1 aliphatic heterocycles. The minimum absolute atomic E-state index is 0.00715. The van der Waals surface area contributed by atoms with E-state index in [4.69, 9.17) is 0 Å². The van der Waals surface area contributed by atoms with Crippen LogP contribution in [0.3, 0.4) is 0 Å². The predicted octanol–water partition coefficient (Wildman–Crippen LogP) is 3.01. The SMILES string of the molecule is CNC(=O)C1(Nc2cccc(F)c2)CCN(CC2CCCC2)CC1. The maximum atomic E-state index is 13.5. The number of likely N-dealkylation sites (tertiary alicyclic amines) is 1. The van der Waals surface area contributed by atoms with Crippen LogP contribution in [0.5, 0.6) is 0 Å². The van der Waals surface area contributed by atoms with Gasteiger partial charge in [-0.1, -0.05) is 18.9 Å². The molecule has 2 N–H and O–H groups in total. The number of carbonyl (C=O) groups is 1. The molecule has 1 aliphatic carbocycles. The molecule has 1 saturated heterocycles. The molecule has 132 valence electrons. The fraction of sp³-hybridized carbons (Fsp3) is 0.632. The lowest BCUT2D eigenvalue weighted by atomic mass is 9.85. The lowest BCUT2D eigenvalue weighted by Gasteiger charge is -2.42. The number of likely N-dealkylation sites (N-methyl/N-ethyl adjacent to an activating group) is 1. The van der Waals surface area contributed by atoms with Crippen LogP contribution in [-0.4, -0.2) is 43.0 Å². The van der Waals surface area contributed by atoms with E-state index in [2.05, 4.69) is 15.5 Å². The summed E-state index contributed by atoms with van der Waals surface area (Å²) in [6.07, 6.45) is 6.91. The first kappa shape index (κ1) is 17.2. The molecule has 1 amide bonds. The molecule has 0 aromatic heterocycles. The Morgan fingerprint density at radius 2 is 2.00 bits per heavy atom. The van der Waals surface area contributed by atoms with Gasteiger partial charge in [-0.2, -0.15) is 0 Å². The van der Waals surface area contributed by atoms with Crippen molar-refractivity contribution in [3.8, 4) is 0 Å². The summed E-state index contributed by atoms with van der Waals surface area (Å²) >= 11 is 0. The third-order valence-corrected chi connectivity index (χ3v) is 5.57. The van der Waals surface area contributed by atoms with Gasteiger partial charge in [0, 0.05) is 32.4 Å². The summed E-state index contributed by atoms with van der Waals surface area (Å²) in [5.41, 5.74) is 0.0252. The number of piperidine rings is 1. The normalized spacial score (nSPS) is 21.6. The van der Waals surface area contributed by atoms with E-state index in [0.717, 1.165) is 38.4 Å². The largest absolute Gasteiger partial charge is 0.371 e. The molecule has 3 rings (SSSR count). The first-order chi connectivity index (χ1) is 11.6. The van der Waals surface area contributed by atoms with Gasteiger partial charge in [-0.25, -0.2) is 4.39 Å². The van der Waals surface area contributed by atoms with Crippen LogP contribution in [0.2, 0.25) is 0 Å². The average Bonchev–Trinajstić information content (AvgIpc) is 3.09. The van der Waals surface area contributed by atoms with E-state index in [1.807, 2.05) is 6.07 Å². The van der Waals surface area contributed by atoms with Gasteiger partial charge in [-0.05, 0) is 49.8 Å². The second-order valence-electron chi connectivity index (χ2n) is 7.25. The van der Waals surface area contributed by atoms with E-state index < -0.39 is 5.54 Å². The zero-order valence-electron chi connectivity index (χ0n) is 14.5. The predicted molar refractivity (Wildman–Crippen MR) is 94.5 cm³/mol. The number of amides is 1. The second-order valence-corrected chi connectivity index (χ2v) is 7.25. The molecule has 0 radical (unpaired) electrons. The van der Waals surface area contributed by atoms with E-state index in [-0.39, 0.29) is 11.7 Å². The zero-order valence-corrected chi connectivity index (χ0v) is 14.5. The Bertz CT molecular complexity index is 563. The Hall–Kier alpha value is -1.62. The number of rotatable bonds is 5. The van der Waals surface area contributed by atoms with Crippen molar-refractivity contribution < 1.29 is 9.18 Å². The molecule has 2 aliphatic rings. The van der Waals surface area contributed by atoms with Gasteiger partial charge in [0.05, 0.1) is 0 Å². The smallest absolute Gasteiger partial charge is 0.245 e. The van der Waals surface area contributed by atoms with Crippen LogP contribution < -0.4 is 10.6 Å². The van der Waals surface area contributed by atoms with Crippen molar-refractivity contribution in [1.29, 1.82) is 0 Å². The molecule has 4 nitrogen and oxygen atoms in total. The minimum Gasteiger partial charge on any atom is -0.371 e. The highest BCUT2D eigenvalue weighted by Crippen LogP contribution is 2.31. The van der Waals surface area contributed by atoms with Gasteiger partial charge in [-0.15, -0.1) is 0 Å². The van der Waals surface area contributed by atoms with Crippen molar-refractivity contribution in [3.05, 3.63) is 30.1 Å². The van der Waals surface area contributed by atoms with Crippen LogP contribution in [0.15, 0.2) is 24.3 Å². The summed E-state index contributed by atoms with van der Waals surface area (Å²) in [7, 11) is 1.67. The molecule has 0 atom stereocenters. The maximum Gasteiger partial charge on any atom is 0.245 e.